The molecule has 2 aromatic rings. The van der Waals surface area contributed by atoms with Crippen LogP contribution in [0.25, 0.3) is 0 Å². The number of rotatable bonds is 5. The molecule has 1 aromatic heterocycles. The molecule has 1 aliphatic rings. The maximum absolute atomic E-state index is 12.1. The van der Waals surface area contributed by atoms with Gasteiger partial charge < -0.3 is 25.0 Å². The van der Waals surface area contributed by atoms with Gasteiger partial charge in [0.2, 0.25) is 0 Å². The number of morpholine rings is 1. The Balaban J connectivity index is 1.52. The summed E-state index contributed by atoms with van der Waals surface area (Å²) in [4.78, 5) is 30.4. The maximum Gasteiger partial charge on any atom is 0.337 e. The van der Waals surface area contributed by atoms with Crippen molar-refractivity contribution in [3.05, 3.63) is 53.7 Å². The van der Waals surface area contributed by atoms with Gasteiger partial charge in [0.05, 0.1) is 24.9 Å². The van der Waals surface area contributed by atoms with Gasteiger partial charge in [0.15, 0.2) is 0 Å². The van der Waals surface area contributed by atoms with Crippen LogP contribution in [0.3, 0.4) is 0 Å². The number of hydrogen-bond donors (Lipinski definition) is 2. The fourth-order valence-electron chi connectivity index (χ4n) is 3.27. The number of benzene rings is 1. The number of hydrogen-bond acceptors (Lipinski definition) is 6. The van der Waals surface area contributed by atoms with Crippen LogP contribution in [0.1, 0.15) is 29.8 Å². The van der Waals surface area contributed by atoms with Gasteiger partial charge in [0.25, 0.3) is 0 Å². The predicted octanol–water partition coefficient (Wildman–Crippen LogP) is 2.80. The zero-order valence-electron chi connectivity index (χ0n) is 16.8. The Labute approximate surface area is 170 Å². The van der Waals surface area contributed by atoms with E-state index in [1.165, 1.54) is 7.11 Å². The summed E-state index contributed by atoms with van der Waals surface area (Å²) in [6.45, 7) is 6.07. The minimum absolute atomic E-state index is 0.170. The number of esters is 1. The first-order valence-electron chi connectivity index (χ1n) is 9.53. The van der Waals surface area contributed by atoms with E-state index in [9.17, 15) is 9.59 Å². The van der Waals surface area contributed by atoms with Crippen molar-refractivity contribution in [2.45, 2.75) is 32.6 Å². The third kappa shape index (κ3) is 5.68. The fraction of sp³-hybridized carbons (Fsp3) is 0.381. The van der Waals surface area contributed by atoms with Crippen LogP contribution in [0.5, 0.6) is 0 Å². The van der Waals surface area contributed by atoms with Crippen molar-refractivity contribution in [3.63, 3.8) is 0 Å². The molecule has 1 aromatic carbocycles. The zero-order valence-corrected chi connectivity index (χ0v) is 16.8. The molecule has 0 spiro atoms. The molecular weight excluding hydrogens is 372 g/mol. The summed E-state index contributed by atoms with van der Waals surface area (Å²) in [5, 5.41) is 5.49. The van der Waals surface area contributed by atoms with Crippen molar-refractivity contribution in [2.24, 2.45) is 0 Å². The summed E-state index contributed by atoms with van der Waals surface area (Å²) < 4.78 is 10.4. The lowest BCUT2D eigenvalue weighted by molar-refractivity contribution is -0.00546. The van der Waals surface area contributed by atoms with Gasteiger partial charge in [0, 0.05) is 31.5 Å². The number of anilines is 2. The van der Waals surface area contributed by atoms with Crippen molar-refractivity contribution in [1.29, 1.82) is 0 Å². The average molecular weight is 398 g/mol. The summed E-state index contributed by atoms with van der Waals surface area (Å²) in [5.41, 5.74) is 1.77. The van der Waals surface area contributed by atoms with E-state index >= 15 is 0 Å². The number of ether oxygens (including phenoxy) is 2. The normalized spacial score (nSPS) is 18.8. The molecule has 2 atom stereocenters. The van der Waals surface area contributed by atoms with Crippen LogP contribution in [0.15, 0.2) is 42.6 Å². The monoisotopic (exact) mass is 398 g/mol. The van der Waals surface area contributed by atoms with Crippen LogP contribution in [-0.2, 0) is 16.0 Å². The molecule has 1 aliphatic heterocycles. The second kappa shape index (κ2) is 9.38. The molecule has 0 saturated carbocycles. The number of nitrogens with zero attached hydrogens (tertiary/aromatic N) is 2. The van der Waals surface area contributed by atoms with Crippen LogP contribution in [0.2, 0.25) is 0 Å². The van der Waals surface area contributed by atoms with Gasteiger partial charge in [-0.15, -0.1) is 0 Å². The van der Waals surface area contributed by atoms with E-state index in [2.05, 4.69) is 39.1 Å². The lowest BCUT2D eigenvalue weighted by atomic mass is 10.2. The molecule has 8 heteroatoms. The van der Waals surface area contributed by atoms with Crippen molar-refractivity contribution in [3.8, 4) is 0 Å². The fourth-order valence-corrected chi connectivity index (χ4v) is 3.27. The van der Waals surface area contributed by atoms with E-state index in [4.69, 9.17) is 4.74 Å². The highest BCUT2D eigenvalue weighted by Gasteiger charge is 2.22. The summed E-state index contributed by atoms with van der Waals surface area (Å²) in [7, 11) is 1.31. The number of carbonyl (C=O) groups is 2. The lowest BCUT2D eigenvalue weighted by Crippen LogP contribution is -2.45. The van der Waals surface area contributed by atoms with E-state index in [1.807, 2.05) is 12.1 Å². The summed E-state index contributed by atoms with van der Waals surface area (Å²) in [5.74, 6) is 0.448. The van der Waals surface area contributed by atoms with Crippen LogP contribution >= 0.6 is 0 Å². The van der Waals surface area contributed by atoms with E-state index in [-0.39, 0.29) is 18.2 Å². The molecule has 154 valence electrons. The number of pyridine rings is 1. The minimum Gasteiger partial charge on any atom is -0.465 e. The second-order valence-electron chi connectivity index (χ2n) is 7.07. The standard InChI is InChI=1S/C21H26N4O4/c1-14-12-25(13-15(2)29-14)19-8-7-16(10-22-19)11-23-21(27)24-18-6-4-5-17(9-18)20(26)28-3/h4-10,14-15H,11-13H2,1-3H3,(H2,23,24,27)/t14-,15+. The number of urea groups is 1. The minimum atomic E-state index is -0.454. The molecule has 0 radical (unpaired) electrons. The molecule has 0 bridgehead atoms. The summed E-state index contributed by atoms with van der Waals surface area (Å²) >= 11 is 0. The van der Waals surface area contributed by atoms with Crippen LogP contribution in [-0.4, -0.2) is 49.4 Å². The molecule has 1 saturated heterocycles. The molecule has 0 unspecified atom stereocenters. The molecular formula is C21H26N4O4. The van der Waals surface area contributed by atoms with E-state index in [0.29, 0.717) is 17.8 Å². The Morgan fingerprint density at radius 3 is 2.62 bits per heavy atom. The SMILES string of the molecule is COC(=O)c1cccc(NC(=O)NCc2ccc(N3C[C@@H](C)O[C@@H](C)C3)nc2)c1. The zero-order chi connectivity index (χ0) is 20.8. The van der Waals surface area contributed by atoms with Gasteiger partial charge in [-0.1, -0.05) is 12.1 Å². The lowest BCUT2D eigenvalue weighted by Gasteiger charge is -2.36. The van der Waals surface area contributed by atoms with Crippen LogP contribution in [0.4, 0.5) is 16.3 Å². The molecule has 3 rings (SSSR count). The van der Waals surface area contributed by atoms with Gasteiger partial charge in [-0.3, -0.25) is 0 Å². The highest BCUT2D eigenvalue weighted by atomic mass is 16.5. The number of carbonyl (C=O) groups excluding carboxylic acids is 2. The molecule has 29 heavy (non-hydrogen) atoms. The van der Waals surface area contributed by atoms with Gasteiger partial charge in [-0.05, 0) is 43.7 Å². The largest absolute Gasteiger partial charge is 0.465 e. The Hall–Kier alpha value is -3.13. The number of amides is 2. The molecule has 2 heterocycles. The first kappa shape index (κ1) is 20.6. The Morgan fingerprint density at radius 1 is 1.21 bits per heavy atom. The van der Waals surface area contributed by atoms with E-state index in [0.717, 1.165) is 24.5 Å². The summed E-state index contributed by atoms with van der Waals surface area (Å²) in [6.07, 6.45) is 2.10. The van der Waals surface area contributed by atoms with E-state index < -0.39 is 5.97 Å². The highest BCUT2D eigenvalue weighted by Crippen LogP contribution is 2.18. The van der Waals surface area contributed by atoms with Gasteiger partial charge in [-0.25, -0.2) is 14.6 Å². The predicted molar refractivity (Wildman–Crippen MR) is 110 cm³/mol. The summed E-state index contributed by atoms with van der Waals surface area (Å²) in [6, 6.07) is 10.1. The van der Waals surface area contributed by atoms with Crippen molar-refractivity contribution < 1.29 is 19.1 Å². The molecule has 2 amide bonds. The first-order chi connectivity index (χ1) is 13.9. The second-order valence-corrected chi connectivity index (χ2v) is 7.07. The quantitative estimate of drug-likeness (QED) is 0.753. The van der Waals surface area contributed by atoms with Crippen molar-refractivity contribution in [2.75, 3.05) is 30.4 Å². The smallest absolute Gasteiger partial charge is 0.337 e. The van der Waals surface area contributed by atoms with Crippen molar-refractivity contribution in [1.82, 2.24) is 10.3 Å². The average Bonchev–Trinajstić information content (AvgIpc) is 2.71. The maximum atomic E-state index is 12.1. The molecule has 2 N–H and O–H groups in total. The van der Waals surface area contributed by atoms with Gasteiger partial charge >= 0.3 is 12.0 Å². The molecule has 1 fully saturated rings. The topological polar surface area (TPSA) is 92.8 Å². The van der Waals surface area contributed by atoms with Crippen molar-refractivity contribution >= 4 is 23.5 Å². The third-order valence-corrected chi connectivity index (χ3v) is 4.55. The first-order valence-corrected chi connectivity index (χ1v) is 9.53. The van der Waals surface area contributed by atoms with Crippen LogP contribution < -0.4 is 15.5 Å². The molecule has 0 aliphatic carbocycles. The number of nitrogens with one attached hydrogen (secondary N) is 2. The van der Waals surface area contributed by atoms with Gasteiger partial charge in [-0.2, -0.15) is 0 Å². The van der Waals surface area contributed by atoms with Gasteiger partial charge in [0.1, 0.15) is 5.82 Å². The third-order valence-electron chi connectivity index (χ3n) is 4.55. The number of methoxy groups -OCH3 is 1. The Kier molecular flexibility index (Phi) is 6.66. The number of aromatic nitrogens is 1. The van der Waals surface area contributed by atoms with Crippen LogP contribution in [0, 0.1) is 0 Å². The molecule has 8 nitrogen and oxygen atoms in total. The Morgan fingerprint density at radius 2 is 1.97 bits per heavy atom. The highest BCUT2D eigenvalue weighted by molar-refractivity contribution is 5.93. The Bertz CT molecular complexity index is 846. The van der Waals surface area contributed by atoms with E-state index in [1.54, 1.807) is 30.5 Å².